The molecule has 0 spiro atoms. The van der Waals surface area contributed by atoms with Crippen LogP contribution in [0.5, 0.6) is 0 Å². The van der Waals surface area contributed by atoms with Crippen molar-refractivity contribution in [2.45, 2.75) is 11.1 Å². The highest BCUT2D eigenvalue weighted by atomic mass is 35.5. The van der Waals surface area contributed by atoms with Gasteiger partial charge in [-0.1, -0.05) is 17.7 Å². The van der Waals surface area contributed by atoms with Crippen molar-refractivity contribution in [3.63, 3.8) is 0 Å². The van der Waals surface area contributed by atoms with E-state index in [2.05, 4.69) is 9.97 Å². The highest BCUT2D eigenvalue weighted by molar-refractivity contribution is 7.91. The molecule has 0 bridgehead atoms. The van der Waals surface area contributed by atoms with Crippen LogP contribution in [0.1, 0.15) is 15.9 Å². The van der Waals surface area contributed by atoms with E-state index in [0.29, 0.717) is 15.4 Å². The van der Waals surface area contributed by atoms with Gasteiger partial charge in [-0.2, -0.15) is 9.04 Å². The number of benzene rings is 1. The van der Waals surface area contributed by atoms with E-state index in [1.807, 2.05) is 6.92 Å². The van der Waals surface area contributed by atoms with Crippen LogP contribution < -0.4 is 4.73 Å². The molecular weight excluding hydrogens is 510 g/mol. The number of hydrogen-bond acceptors (Lipinski definition) is 7. The number of piperazine rings is 1. The van der Waals surface area contributed by atoms with Crippen LogP contribution in [0, 0.1) is 12.1 Å². The zero-order valence-electron chi connectivity index (χ0n) is 18.6. The van der Waals surface area contributed by atoms with Crippen LogP contribution in [-0.4, -0.2) is 59.7 Å². The van der Waals surface area contributed by atoms with Crippen LogP contribution in [-0.2, 0) is 10.0 Å². The number of rotatable bonds is 4. The van der Waals surface area contributed by atoms with Gasteiger partial charge in [0.15, 0.2) is 6.20 Å². The SMILES string of the molecule is Cc1cc[n+]([O-])c(-c2ncc(C(=O)N3CCN(S(=O)(=O)c4cc5ccc(Cl)cc5s4)CC3)cn2)c1. The second kappa shape index (κ2) is 9.15. The van der Waals surface area contributed by atoms with Crippen molar-refractivity contribution < 1.29 is 17.9 Å². The van der Waals surface area contributed by atoms with E-state index in [1.54, 1.807) is 41.3 Å². The fourth-order valence-electron chi connectivity index (χ4n) is 3.88. The van der Waals surface area contributed by atoms with Crippen LogP contribution in [0.3, 0.4) is 0 Å². The summed E-state index contributed by atoms with van der Waals surface area (Å²) >= 11 is 7.21. The third kappa shape index (κ3) is 4.59. The molecule has 35 heavy (non-hydrogen) atoms. The van der Waals surface area contributed by atoms with Gasteiger partial charge in [0.2, 0.25) is 5.82 Å². The number of carbonyl (C=O) groups is 1. The minimum Gasteiger partial charge on any atom is -0.618 e. The highest BCUT2D eigenvalue weighted by Gasteiger charge is 2.32. The number of pyridine rings is 1. The molecule has 0 N–H and O–H groups in total. The normalized spacial score (nSPS) is 15.0. The molecule has 9 nitrogen and oxygen atoms in total. The predicted octanol–water partition coefficient (Wildman–Crippen LogP) is 3.10. The number of thiophene rings is 1. The lowest BCUT2D eigenvalue weighted by Crippen LogP contribution is -2.50. The second-order valence-corrected chi connectivity index (χ2v) is 11.8. The van der Waals surface area contributed by atoms with Crippen molar-refractivity contribution in [3.8, 4) is 11.5 Å². The van der Waals surface area contributed by atoms with Crippen LogP contribution in [0.15, 0.2) is 59.2 Å². The minimum atomic E-state index is -3.68. The summed E-state index contributed by atoms with van der Waals surface area (Å²) in [4.78, 5) is 22.9. The first-order valence-electron chi connectivity index (χ1n) is 10.7. The van der Waals surface area contributed by atoms with Crippen molar-refractivity contribution in [1.29, 1.82) is 0 Å². The average Bonchev–Trinajstić information content (AvgIpc) is 3.29. The Labute approximate surface area is 210 Å². The summed E-state index contributed by atoms with van der Waals surface area (Å²) in [5.74, 6) is -0.0647. The van der Waals surface area contributed by atoms with Gasteiger partial charge in [0.1, 0.15) is 4.21 Å². The van der Waals surface area contributed by atoms with Crippen LogP contribution in [0.25, 0.3) is 21.6 Å². The number of hydrogen-bond donors (Lipinski definition) is 0. The van der Waals surface area contributed by atoms with Crippen molar-refractivity contribution in [2.24, 2.45) is 0 Å². The number of halogens is 1. The molecular formula is C23H20ClN5O4S2. The molecule has 0 aliphatic carbocycles. The molecule has 0 radical (unpaired) electrons. The first-order chi connectivity index (χ1) is 16.7. The van der Waals surface area contributed by atoms with Gasteiger partial charge < -0.3 is 10.1 Å². The summed E-state index contributed by atoms with van der Waals surface area (Å²) in [5.41, 5.74) is 1.46. The first-order valence-corrected chi connectivity index (χ1v) is 13.4. The Hall–Kier alpha value is -3.12. The van der Waals surface area contributed by atoms with Gasteiger partial charge in [-0.3, -0.25) is 4.79 Å². The summed E-state index contributed by atoms with van der Waals surface area (Å²) in [5, 5.41) is 13.4. The minimum absolute atomic E-state index is 0.182. The number of fused-ring (bicyclic) bond motifs is 1. The molecule has 1 fully saturated rings. The van der Waals surface area contributed by atoms with E-state index < -0.39 is 10.0 Å². The largest absolute Gasteiger partial charge is 0.618 e. The summed E-state index contributed by atoms with van der Waals surface area (Å²) in [6, 6.07) is 10.3. The summed E-state index contributed by atoms with van der Waals surface area (Å²) < 4.78 is 29.5. The molecule has 1 amide bonds. The molecule has 1 aliphatic rings. The van der Waals surface area contributed by atoms with Gasteiger partial charge in [0.05, 0.1) is 5.56 Å². The maximum atomic E-state index is 13.2. The fraction of sp³-hybridized carbons (Fsp3) is 0.217. The van der Waals surface area contributed by atoms with E-state index in [4.69, 9.17) is 11.6 Å². The number of aromatic nitrogens is 3. The van der Waals surface area contributed by atoms with Crippen molar-refractivity contribution in [3.05, 3.63) is 76.3 Å². The number of amides is 1. The molecule has 1 aliphatic heterocycles. The Morgan fingerprint density at radius 1 is 1.09 bits per heavy atom. The zero-order valence-corrected chi connectivity index (χ0v) is 21.0. The molecule has 1 aromatic carbocycles. The fourth-order valence-corrected chi connectivity index (χ4v) is 7.13. The number of nitrogens with zero attached hydrogens (tertiary/aromatic N) is 5. The van der Waals surface area contributed by atoms with E-state index in [0.717, 1.165) is 15.6 Å². The molecule has 5 rings (SSSR count). The lowest BCUT2D eigenvalue weighted by Gasteiger charge is -2.33. The molecule has 12 heteroatoms. The van der Waals surface area contributed by atoms with Crippen LogP contribution in [0.2, 0.25) is 5.02 Å². The van der Waals surface area contributed by atoms with Gasteiger partial charge in [0.25, 0.3) is 21.6 Å². The van der Waals surface area contributed by atoms with Crippen molar-refractivity contribution >= 4 is 49.0 Å². The number of sulfonamides is 1. The molecule has 4 aromatic rings. The summed E-state index contributed by atoms with van der Waals surface area (Å²) in [6.45, 7) is 2.71. The first kappa shape index (κ1) is 23.6. The Morgan fingerprint density at radius 2 is 1.80 bits per heavy atom. The molecule has 3 aromatic heterocycles. The maximum Gasteiger partial charge on any atom is 0.261 e. The maximum absolute atomic E-state index is 13.2. The molecule has 0 unspecified atom stereocenters. The average molecular weight is 530 g/mol. The van der Waals surface area contributed by atoms with Gasteiger partial charge in [-0.05, 0) is 36.1 Å². The topological polar surface area (TPSA) is 110 Å². The lowest BCUT2D eigenvalue weighted by molar-refractivity contribution is -0.594. The van der Waals surface area contributed by atoms with E-state index in [9.17, 15) is 18.4 Å². The Kier molecular flexibility index (Phi) is 6.18. The molecule has 0 saturated carbocycles. The summed E-state index contributed by atoms with van der Waals surface area (Å²) in [7, 11) is -3.68. The third-order valence-corrected chi connectivity index (χ3v) is 9.46. The third-order valence-electron chi connectivity index (χ3n) is 5.78. The van der Waals surface area contributed by atoms with Crippen LogP contribution in [0.4, 0.5) is 0 Å². The van der Waals surface area contributed by atoms with Gasteiger partial charge in [0, 0.05) is 60.4 Å². The number of carbonyl (C=O) groups excluding carboxylic acids is 1. The molecule has 0 atom stereocenters. The monoisotopic (exact) mass is 529 g/mol. The van der Waals surface area contributed by atoms with Crippen molar-refractivity contribution in [2.75, 3.05) is 26.2 Å². The highest BCUT2D eigenvalue weighted by Crippen LogP contribution is 2.33. The second-order valence-electron chi connectivity index (χ2n) is 8.15. The van der Waals surface area contributed by atoms with Gasteiger partial charge >= 0.3 is 0 Å². The predicted molar refractivity (Wildman–Crippen MR) is 133 cm³/mol. The lowest BCUT2D eigenvalue weighted by atomic mass is 10.2. The molecule has 1 saturated heterocycles. The molecule has 180 valence electrons. The van der Waals surface area contributed by atoms with E-state index >= 15 is 0 Å². The van der Waals surface area contributed by atoms with E-state index in [-0.39, 0.29) is 47.7 Å². The Bertz CT molecular complexity index is 1530. The van der Waals surface area contributed by atoms with Crippen LogP contribution >= 0.6 is 22.9 Å². The Morgan fingerprint density at radius 3 is 2.51 bits per heavy atom. The molecule has 4 heterocycles. The Balaban J connectivity index is 1.27. The smallest absolute Gasteiger partial charge is 0.261 e. The van der Waals surface area contributed by atoms with Crippen molar-refractivity contribution in [1.82, 2.24) is 19.2 Å². The zero-order chi connectivity index (χ0) is 24.7. The van der Waals surface area contributed by atoms with Gasteiger partial charge in [-0.15, -0.1) is 11.3 Å². The van der Waals surface area contributed by atoms with E-state index in [1.165, 1.54) is 34.2 Å². The van der Waals surface area contributed by atoms with Gasteiger partial charge in [-0.25, -0.2) is 18.4 Å². The quantitative estimate of drug-likeness (QED) is 0.297. The summed E-state index contributed by atoms with van der Waals surface area (Å²) in [6.07, 6.45) is 4.16. The number of aryl methyl sites for hydroxylation is 1. The standard InChI is InChI=1S/C23H20ClN5O4S2/c1-15-4-5-29(31)19(10-15)22-25-13-17(14-26-22)23(30)27-6-8-28(9-7-27)35(32,33)21-11-16-2-3-18(24)12-20(16)34-21/h2-5,10-14H,6-9H2,1H3.